The van der Waals surface area contributed by atoms with E-state index in [1.54, 1.807) is 18.5 Å². The number of carbonyl (C=O) groups is 2. The summed E-state index contributed by atoms with van der Waals surface area (Å²) in [6, 6.07) is 9.28. The monoisotopic (exact) mass is 370 g/mol. The molecule has 8 heteroatoms. The number of rotatable bonds is 7. The minimum Gasteiger partial charge on any atom is -0.451 e. The fraction of sp³-hybridized carbons (Fsp3) is 0.222. The number of thioether (sulfide) groups is 1. The zero-order valence-corrected chi connectivity index (χ0v) is 15.0. The molecule has 0 radical (unpaired) electrons. The number of fused-ring (bicyclic) bond motifs is 1. The third-order valence-electron chi connectivity index (χ3n) is 3.58. The van der Waals surface area contributed by atoms with E-state index in [1.807, 2.05) is 24.3 Å². The summed E-state index contributed by atoms with van der Waals surface area (Å²) in [5.41, 5.74) is 1.46. The number of nitrogens with zero attached hydrogens (tertiary/aromatic N) is 2. The Morgan fingerprint density at radius 1 is 1.08 bits per heavy atom. The van der Waals surface area contributed by atoms with Crippen molar-refractivity contribution in [2.24, 2.45) is 0 Å². The van der Waals surface area contributed by atoms with Crippen LogP contribution in [0.15, 0.2) is 52.3 Å². The normalized spacial score (nSPS) is 10.7. The first kappa shape index (κ1) is 17.9. The largest absolute Gasteiger partial charge is 0.451 e. The van der Waals surface area contributed by atoms with Crippen LogP contribution < -0.4 is 10.6 Å². The van der Waals surface area contributed by atoms with Crippen LogP contribution in [0.3, 0.4) is 0 Å². The fourth-order valence-corrected chi connectivity index (χ4v) is 3.25. The fourth-order valence-electron chi connectivity index (χ4n) is 2.42. The summed E-state index contributed by atoms with van der Waals surface area (Å²) in [7, 11) is 0. The molecule has 0 bridgehead atoms. The number of furan rings is 1. The molecule has 3 aromatic rings. The summed E-state index contributed by atoms with van der Waals surface area (Å²) in [5, 5.41) is 6.93. The van der Waals surface area contributed by atoms with Gasteiger partial charge in [0.15, 0.2) is 10.9 Å². The van der Waals surface area contributed by atoms with E-state index >= 15 is 0 Å². The average molecular weight is 370 g/mol. The molecule has 0 saturated carbocycles. The van der Waals surface area contributed by atoms with Crippen LogP contribution in [0.2, 0.25) is 0 Å². The first-order chi connectivity index (χ1) is 12.6. The number of para-hydroxylation sites is 1. The van der Waals surface area contributed by atoms with Crippen molar-refractivity contribution in [3.05, 3.63) is 54.0 Å². The molecule has 0 aliphatic rings. The van der Waals surface area contributed by atoms with E-state index in [0.29, 0.717) is 29.6 Å². The van der Waals surface area contributed by atoms with Crippen molar-refractivity contribution in [2.75, 3.05) is 13.1 Å². The van der Waals surface area contributed by atoms with Gasteiger partial charge in [-0.15, -0.1) is 0 Å². The molecule has 0 fully saturated rings. The Bertz CT molecular complexity index is 911. The highest BCUT2D eigenvalue weighted by Crippen LogP contribution is 2.30. The van der Waals surface area contributed by atoms with Gasteiger partial charge in [0.25, 0.3) is 5.91 Å². The highest BCUT2D eigenvalue weighted by atomic mass is 32.2. The minimum absolute atomic E-state index is 0.136. The third kappa shape index (κ3) is 4.40. The molecule has 1 aromatic carbocycles. The maximum atomic E-state index is 12.5. The lowest BCUT2D eigenvalue weighted by Gasteiger charge is -2.06. The first-order valence-electron chi connectivity index (χ1n) is 8.08. The molecular weight excluding hydrogens is 352 g/mol. The summed E-state index contributed by atoms with van der Waals surface area (Å²) < 4.78 is 5.77. The smallest absolute Gasteiger partial charge is 0.287 e. The van der Waals surface area contributed by atoms with Crippen molar-refractivity contribution in [2.45, 2.75) is 17.8 Å². The summed E-state index contributed by atoms with van der Waals surface area (Å²) in [6.45, 7) is 2.12. The standard InChI is InChI=1S/C18H18N4O3S/c1-12(23)19-9-10-20-17(24)16-14(11-26-18-21-7-4-8-22-18)13-5-2-3-6-15(13)25-16/h2-8H,9-11H2,1H3,(H,19,23)(H,20,24). The van der Waals surface area contributed by atoms with Crippen molar-refractivity contribution in [3.63, 3.8) is 0 Å². The topological polar surface area (TPSA) is 97.1 Å². The molecule has 0 aliphatic heterocycles. The molecule has 3 rings (SSSR count). The molecular formula is C18H18N4O3S. The van der Waals surface area contributed by atoms with Crippen LogP contribution >= 0.6 is 11.8 Å². The van der Waals surface area contributed by atoms with Crippen molar-refractivity contribution >= 4 is 34.5 Å². The SMILES string of the molecule is CC(=O)NCCNC(=O)c1oc2ccccc2c1CSc1ncccn1. The molecule has 7 nitrogen and oxygen atoms in total. The van der Waals surface area contributed by atoms with E-state index in [-0.39, 0.29) is 17.6 Å². The Balaban J connectivity index is 1.77. The predicted octanol–water partition coefficient (Wildman–Crippen LogP) is 2.38. The Morgan fingerprint density at radius 3 is 2.58 bits per heavy atom. The average Bonchev–Trinajstić information content (AvgIpc) is 3.03. The number of hydrogen-bond acceptors (Lipinski definition) is 6. The highest BCUT2D eigenvalue weighted by molar-refractivity contribution is 7.98. The molecule has 0 aliphatic carbocycles. The highest BCUT2D eigenvalue weighted by Gasteiger charge is 2.20. The second-order valence-corrected chi connectivity index (χ2v) is 6.41. The lowest BCUT2D eigenvalue weighted by molar-refractivity contribution is -0.118. The van der Waals surface area contributed by atoms with Gasteiger partial charge in [0.2, 0.25) is 5.91 Å². The molecule has 2 heterocycles. The molecule has 0 atom stereocenters. The van der Waals surface area contributed by atoms with Gasteiger partial charge in [-0.25, -0.2) is 9.97 Å². The van der Waals surface area contributed by atoms with Gasteiger partial charge >= 0.3 is 0 Å². The van der Waals surface area contributed by atoms with Gasteiger partial charge in [-0.2, -0.15) is 0 Å². The summed E-state index contributed by atoms with van der Waals surface area (Å²) >= 11 is 1.44. The summed E-state index contributed by atoms with van der Waals surface area (Å²) in [6.07, 6.45) is 3.36. The third-order valence-corrected chi connectivity index (χ3v) is 4.48. The lowest BCUT2D eigenvalue weighted by Crippen LogP contribution is -2.33. The molecule has 2 aromatic heterocycles. The van der Waals surface area contributed by atoms with E-state index in [2.05, 4.69) is 20.6 Å². The van der Waals surface area contributed by atoms with Crippen molar-refractivity contribution in [3.8, 4) is 0 Å². The maximum Gasteiger partial charge on any atom is 0.287 e. The zero-order chi connectivity index (χ0) is 18.4. The van der Waals surface area contributed by atoms with E-state index in [9.17, 15) is 9.59 Å². The minimum atomic E-state index is -0.309. The van der Waals surface area contributed by atoms with Gasteiger partial charge < -0.3 is 15.1 Å². The van der Waals surface area contributed by atoms with E-state index in [1.165, 1.54) is 18.7 Å². The van der Waals surface area contributed by atoms with E-state index in [4.69, 9.17) is 4.42 Å². The Labute approximate surface area is 154 Å². The number of aromatic nitrogens is 2. The summed E-state index contributed by atoms with van der Waals surface area (Å²) in [5.74, 6) is 0.340. The predicted molar refractivity (Wildman–Crippen MR) is 98.8 cm³/mol. The maximum absolute atomic E-state index is 12.5. The Kier molecular flexibility index (Phi) is 5.85. The van der Waals surface area contributed by atoms with Gasteiger partial charge in [0.05, 0.1) is 0 Å². The van der Waals surface area contributed by atoms with Crippen molar-refractivity contribution in [1.82, 2.24) is 20.6 Å². The van der Waals surface area contributed by atoms with Crippen LogP contribution in [0, 0.1) is 0 Å². The quantitative estimate of drug-likeness (QED) is 0.376. The second kappa shape index (κ2) is 8.48. The second-order valence-electron chi connectivity index (χ2n) is 5.46. The van der Waals surface area contributed by atoms with Gasteiger partial charge in [0, 0.05) is 49.1 Å². The first-order valence-corrected chi connectivity index (χ1v) is 9.06. The van der Waals surface area contributed by atoms with E-state index in [0.717, 1.165) is 10.9 Å². The number of nitrogens with one attached hydrogen (secondary N) is 2. The van der Waals surface area contributed by atoms with Crippen molar-refractivity contribution < 1.29 is 14.0 Å². The van der Waals surface area contributed by atoms with Crippen LogP contribution in [-0.2, 0) is 10.5 Å². The molecule has 0 saturated heterocycles. The number of benzene rings is 1. The van der Waals surface area contributed by atoms with Gasteiger partial charge in [0.1, 0.15) is 5.58 Å². The van der Waals surface area contributed by atoms with Crippen LogP contribution in [0.25, 0.3) is 11.0 Å². The van der Waals surface area contributed by atoms with Gasteiger partial charge in [-0.1, -0.05) is 30.0 Å². The van der Waals surface area contributed by atoms with Crippen molar-refractivity contribution in [1.29, 1.82) is 0 Å². The number of carbonyl (C=O) groups excluding carboxylic acids is 2. The number of hydrogen-bond donors (Lipinski definition) is 2. The Hall–Kier alpha value is -2.87. The van der Waals surface area contributed by atoms with Gasteiger partial charge in [-0.05, 0) is 12.1 Å². The lowest BCUT2D eigenvalue weighted by atomic mass is 10.1. The van der Waals surface area contributed by atoms with Gasteiger partial charge in [-0.3, -0.25) is 9.59 Å². The Morgan fingerprint density at radius 2 is 1.81 bits per heavy atom. The molecule has 26 heavy (non-hydrogen) atoms. The van der Waals surface area contributed by atoms with E-state index < -0.39 is 0 Å². The molecule has 134 valence electrons. The zero-order valence-electron chi connectivity index (χ0n) is 14.2. The van der Waals surface area contributed by atoms with Crippen LogP contribution in [0.5, 0.6) is 0 Å². The van der Waals surface area contributed by atoms with Crippen LogP contribution in [-0.4, -0.2) is 34.9 Å². The number of amides is 2. The van der Waals surface area contributed by atoms with Crippen LogP contribution in [0.1, 0.15) is 23.0 Å². The molecule has 0 unspecified atom stereocenters. The van der Waals surface area contributed by atoms with Crippen LogP contribution in [0.4, 0.5) is 0 Å². The molecule has 0 spiro atoms. The summed E-state index contributed by atoms with van der Waals surface area (Å²) in [4.78, 5) is 31.8. The molecule has 2 amide bonds. The molecule has 2 N–H and O–H groups in total.